The number of nitrogens with one attached hydrogen (secondary N) is 1. The van der Waals surface area contributed by atoms with Gasteiger partial charge in [-0.2, -0.15) is 0 Å². The maximum atomic E-state index is 11.1. The lowest BCUT2D eigenvalue weighted by Gasteiger charge is -2.14. The van der Waals surface area contributed by atoms with Gasteiger partial charge in [-0.05, 0) is 24.1 Å². The van der Waals surface area contributed by atoms with Crippen LogP contribution in [0.2, 0.25) is 0 Å². The van der Waals surface area contributed by atoms with E-state index < -0.39 is 5.97 Å². The fraction of sp³-hybridized carbons (Fsp3) is 0.400. The van der Waals surface area contributed by atoms with E-state index in [4.69, 9.17) is 5.11 Å². The third-order valence-electron chi connectivity index (χ3n) is 2.07. The fourth-order valence-corrected chi connectivity index (χ4v) is 2.07. The number of hydrogen-bond donors (Lipinski definition) is 2. The molecule has 1 aromatic heterocycles. The zero-order chi connectivity index (χ0) is 12.1. The number of nitrogens with zero attached hydrogens (tertiary/aromatic N) is 1. The Kier molecular flexibility index (Phi) is 4.45. The van der Waals surface area contributed by atoms with Crippen LogP contribution in [0, 0.1) is 0 Å². The number of likely N-dealkylation sites (N-methyl/N-ethyl adjacent to an activating group) is 2. The number of carbonyl (C=O) groups excluding carboxylic acids is 1. The van der Waals surface area contributed by atoms with Gasteiger partial charge in [0.25, 0.3) is 0 Å². The average Bonchev–Trinajstić information content (AvgIpc) is 2.65. The highest BCUT2D eigenvalue weighted by atomic mass is 32.1. The van der Waals surface area contributed by atoms with Crippen LogP contribution in [0.4, 0.5) is 0 Å². The summed E-state index contributed by atoms with van der Waals surface area (Å²) in [5.74, 6) is -1.01. The summed E-state index contributed by atoms with van der Waals surface area (Å²) >= 11 is 1.20. The van der Waals surface area contributed by atoms with Gasteiger partial charge in [-0.3, -0.25) is 9.69 Å². The molecular formula is C10H14N2O3S. The summed E-state index contributed by atoms with van der Waals surface area (Å²) in [4.78, 5) is 24.1. The summed E-state index contributed by atoms with van der Waals surface area (Å²) in [5.41, 5.74) is 0.740. The van der Waals surface area contributed by atoms with Crippen molar-refractivity contribution >= 4 is 23.2 Å². The van der Waals surface area contributed by atoms with Gasteiger partial charge in [-0.1, -0.05) is 0 Å². The molecule has 0 aliphatic carbocycles. The van der Waals surface area contributed by atoms with E-state index >= 15 is 0 Å². The van der Waals surface area contributed by atoms with Crippen LogP contribution in [0.15, 0.2) is 11.4 Å². The molecule has 1 heterocycles. The maximum absolute atomic E-state index is 11.1. The van der Waals surface area contributed by atoms with E-state index in [0.717, 1.165) is 5.56 Å². The van der Waals surface area contributed by atoms with Gasteiger partial charge in [0.15, 0.2) is 0 Å². The molecule has 6 heteroatoms. The number of carbonyl (C=O) groups is 2. The lowest BCUT2D eigenvalue weighted by molar-refractivity contribution is -0.121. The molecule has 1 rings (SSSR count). The van der Waals surface area contributed by atoms with Crippen LogP contribution in [0.5, 0.6) is 0 Å². The van der Waals surface area contributed by atoms with Crippen molar-refractivity contribution in [3.05, 3.63) is 21.9 Å². The molecule has 0 fully saturated rings. The van der Waals surface area contributed by atoms with E-state index in [1.807, 2.05) is 0 Å². The molecule has 1 aromatic rings. The molecule has 0 bridgehead atoms. The Hall–Kier alpha value is -1.40. The normalized spacial score (nSPS) is 10.4. The van der Waals surface area contributed by atoms with Crippen molar-refractivity contribution in [2.24, 2.45) is 0 Å². The summed E-state index contributed by atoms with van der Waals surface area (Å²) in [5, 5.41) is 13.2. The third-order valence-corrected chi connectivity index (χ3v) is 3.02. The molecule has 16 heavy (non-hydrogen) atoms. The Morgan fingerprint density at radius 1 is 1.56 bits per heavy atom. The van der Waals surface area contributed by atoms with Crippen molar-refractivity contribution in [3.63, 3.8) is 0 Å². The second kappa shape index (κ2) is 5.62. The zero-order valence-electron chi connectivity index (χ0n) is 9.19. The lowest BCUT2D eigenvalue weighted by atomic mass is 10.2. The standard InChI is InChI=1S/C10H14N2O3S/c1-11-8(13)6-12(2)5-7-3-4-16-9(7)10(14)15/h3-4H,5-6H2,1-2H3,(H,11,13)(H,14,15). The van der Waals surface area contributed by atoms with Gasteiger partial charge in [-0.15, -0.1) is 11.3 Å². The predicted octanol–water partition coefficient (Wildman–Crippen LogP) is 0.624. The molecule has 0 aliphatic rings. The summed E-state index contributed by atoms with van der Waals surface area (Å²) in [6.07, 6.45) is 0. The van der Waals surface area contributed by atoms with Crippen LogP contribution in [-0.4, -0.2) is 42.5 Å². The number of hydrogen-bond acceptors (Lipinski definition) is 4. The maximum Gasteiger partial charge on any atom is 0.346 e. The van der Waals surface area contributed by atoms with Gasteiger partial charge in [-0.25, -0.2) is 4.79 Å². The van der Waals surface area contributed by atoms with E-state index in [9.17, 15) is 9.59 Å². The molecule has 5 nitrogen and oxygen atoms in total. The highest BCUT2D eigenvalue weighted by molar-refractivity contribution is 7.12. The van der Waals surface area contributed by atoms with E-state index in [2.05, 4.69) is 5.32 Å². The Balaban J connectivity index is 2.62. The first-order valence-electron chi connectivity index (χ1n) is 4.73. The van der Waals surface area contributed by atoms with Crippen LogP contribution in [0.3, 0.4) is 0 Å². The lowest BCUT2D eigenvalue weighted by Crippen LogP contribution is -2.32. The second-order valence-electron chi connectivity index (χ2n) is 3.43. The minimum Gasteiger partial charge on any atom is -0.477 e. The first-order chi connectivity index (χ1) is 7.54. The van der Waals surface area contributed by atoms with E-state index in [1.54, 1.807) is 30.4 Å². The van der Waals surface area contributed by atoms with Crippen molar-refractivity contribution in [2.45, 2.75) is 6.54 Å². The van der Waals surface area contributed by atoms with Crippen molar-refractivity contribution in [3.8, 4) is 0 Å². The van der Waals surface area contributed by atoms with Gasteiger partial charge in [0.05, 0.1) is 6.54 Å². The summed E-state index contributed by atoms with van der Waals surface area (Å²) < 4.78 is 0. The van der Waals surface area contributed by atoms with E-state index in [0.29, 0.717) is 11.4 Å². The fourth-order valence-electron chi connectivity index (χ4n) is 1.32. The number of carboxylic acids is 1. The molecule has 0 radical (unpaired) electrons. The highest BCUT2D eigenvalue weighted by Crippen LogP contribution is 2.17. The highest BCUT2D eigenvalue weighted by Gasteiger charge is 2.14. The Bertz CT molecular complexity index is 389. The van der Waals surface area contributed by atoms with Gasteiger partial charge in [0.1, 0.15) is 4.88 Å². The zero-order valence-corrected chi connectivity index (χ0v) is 10.0. The second-order valence-corrected chi connectivity index (χ2v) is 4.34. The molecule has 0 aliphatic heterocycles. The van der Waals surface area contributed by atoms with Crippen molar-refractivity contribution in [1.29, 1.82) is 0 Å². The van der Waals surface area contributed by atoms with Crippen molar-refractivity contribution in [1.82, 2.24) is 10.2 Å². The number of carboxylic acid groups (broad SMARTS) is 1. The molecule has 0 saturated heterocycles. The van der Waals surface area contributed by atoms with Crippen LogP contribution in [0.25, 0.3) is 0 Å². The first kappa shape index (κ1) is 12.7. The third kappa shape index (κ3) is 3.32. The molecule has 0 spiro atoms. The monoisotopic (exact) mass is 242 g/mol. The smallest absolute Gasteiger partial charge is 0.346 e. The molecule has 0 saturated carbocycles. The molecule has 0 unspecified atom stereocenters. The number of amides is 1. The molecule has 2 N–H and O–H groups in total. The van der Waals surface area contributed by atoms with Crippen LogP contribution >= 0.6 is 11.3 Å². The van der Waals surface area contributed by atoms with Gasteiger partial charge in [0.2, 0.25) is 5.91 Å². The van der Waals surface area contributed by atoms with Gasteiger partial charge >= 0.3 is 5.97 Å². The van der Waals surface area contributed by atoms with Gasteiger partial charge in [0, 0.05) is 13.6 Å². The molecule has 1 amide bonds. The van der Waals surface area contributed by atoms with Crippen molar-refractivity contribution in [2.75, 3.05) is 20.6 Å². The number of aromatic carboxylic acids is 1. The first-order valence-corrected chi connectivity index (χ1v) is 5.61. The summed E-state index contributed by atoms with van der Waals surface area (Å²) in [6.45, 7) is 0.712. The summed E-state index contributed by atoms with van der Waals surface area (Å²) in [7, 11) is 3.35. The number of thiophene rings is 1. The SMILES string of the molecule is CNC(=O)CN(C)Cc1ccsc1C(=O)O. The molecule has 88 valence electrons. The minimum absolute atomic E-state index is 0.0883. The Morgan fingerprint density at radius 3 is 2.81 bits per heavy atom. The quantitative estimate of drug-likeness (QED) is 0.794. The van der Waals surface area contributed by atoms with Gasteiger partial charge < -0.3 is 10.4 Å². The van der Waals surface area contributed by atoms with E-state index in [1.165, 1.54) is 11.3 Å². The molecular weight excluding hydrogens is 228 g/mol. The van der Waals surface area contributed by atoms with Crippen molar-refractivity contribution < 1.29 is 14.7 Å². The Morgan fingerprint density at radius 2 is 2.25 bits per heavy atom. The topological polar surface area (TPSA) is 69.6 Å². The average molecular weight is 242 g/mol. The van der Waals surface area contributed by atoms with Crippen LogP contribution in [0.1, 0.15) is 15.2 Å². The van der Waals surface area contributed by atoms with Crippen LogP contribution < -0.4 is 5.32 Å². The van der Waals surface area contributed by atoms with E-state index in [-0.39, 0.29) is 12.5 Å². The minimum atomic E-state index is -0.918. The Labute approximate surface area is 97.7 Å². The summed E-state index contributed by atoms with van der Waals surface area (Å²) in [6, 6.07) is 1.77. The molecule has 0 atom stereocenters. The van der Waals surface area contributed by atoms with Crippen LogP contribution in [-0.2, 0) is 11.3 Å². The molecule has 0 aromatic carbocycles. The largest absolute Gasteiger partial charge is 0.477 e. The predicted molar refractivity (Wildman–Crippen MR) is 61.7 cm³/mol. The number of rotatable bonds is 5.